The molecule has 0 saturated heterocycles. The lowest BCUT2D eigenvalue weighted by molar-refractivity contribution is -0.133. The number of rotatable bonds is 5. The quantitative estimate of drug-likeness (QED) is 0.628. The van der Waals surface area contributed by atoms with E-state index in [-0.39, 0.29) is 24.5 Å². The summed E-state index contributed by atoms with van der Waals surface area (Å²) >= 11 is 0. The van der Waals surface area contributed by atoms with Crippen molar-refractivity contribution in [2.24, 2.45) is 11.7 Å². The Bertz CT molecular complexity index is 162. The summed E-state index contributed by atoms with van der Waals surface area (Å²) in [6, 6.07) is -0.113. The van der Waals surface area contributed by atoms with Gasteiger partial charge in [0.25, 0.3) is 0 Å². The second-order valence-corrected chi connectivity index (χ2v) is 3.58. The van der Waals surface area contributed by atoms with Crippen LogP contribution in [0.3, 0.4) is 0 Å². The zero-order valence-electron chi connectivity index (χ0n) is 8.66. The van der Waals surface area contributed by atoms with Crippen LogP contribution in [0.2, 0.25) is 0 Å². The first kappa shape index (κ1) is 12.4. The number of hydrogen-bond donors (Lipinski definition) is 2. The molecule has 0 saturated carbocycles. The third-order valence-electron chi connectivity index (χ3n) is 2.24. The van der Waals surface area contributed by atoms with Crippen LogP contribution in [0, 0.1) is 5.92 Å². The van der Waals surface area contributed by atoms with Crippen LogP contribution in [0.5, 0.6) is 0 Å². The highest BCUT2D eigenvalue weighted by atomic mass is 16.3. The van der Waals surface area contributed by atoms with Gasteiger partial charge in [-0.05, 0) is 19.4 Å². The standard InChI is InChI=1S/C9H20N2O2/c1-7(5-10)4-9(13)11(3)8(2)6-12/h7-8,12H,4-6,10H2,1-3H3. The summed E-state index contributed by atoms with van der Waals surface area (Å²) in [6.07, 6.45) is 0.456. The maximum absolute atomic E-state index is 11.5. The molecule has 4 heteroatoms. The molecule has 78 valence electrons. The highest BCUT2D eigenvalue weighted by Gasteiger charge is 2.16. The van der Waals surface area contributed by atoms with E-state index in [1.165, 1.54) is 0 Å². The highest BCUT2D eigenvalue weighted by molar-refractivity contribution is 5.76. The number of amides is 1. The van der Waals surface area contributed by atoms with E-state index in [2.05, 4.69) is 0 Å². The van der Waals surface area contributed by atoms with E-state index in [9.17, 15) is 4.79 Å². The van der Waals surface area contributed by atoms with Crippen molar-refractivity contribution in [3.8, 4) is 0 Å². The topological polar surface area (TPSA) is 66.6 Å². The Balaban J connectivity index is 3.96. The number of carbonyl (C=O) groups is 1. The predicted molar refractivity (Wildman–Crippen MR) is 52.2 cm³/mol. The Morgan fingerprint density at radius 1 is 1.54 bits per heavy atom. The lowest BCUT2D eigenvalue weighted by Gasteiger charge is -2.24. The molecule has 0 aromatic heterocycles. The van der Waals surface area contributed by atoms with Crippen LogP contribution in [0.4, 0.5) is 0 Å². The Labute approximate surface area is 79.7 Å². The SMILES string of the molecule is CC(CN)CC(=O)N(C)C(C)CO. The van der Waals surface area contributed by atoms with E-state index in [4.69, 9.17) is 10.8 Å². The monoisotopic (exact) mass is 188 g/mol. The first-order valence-corrected chi connectivity index (χ1v) is 4.59. The van der Waals surface area contributed by atoms with Crippen LogP contribution in [0.25, 0.3) is 0 Å². The van der Waals surface area contributed by atoms with Crippen molar-refractivity contribution in [2.75, 3.05) is 20.2 Å². The normalized spacial score (nSPS) is 15.2. The number of carbonyl (C=O) groups excluding carboxylic acids is 1. The molecule has 0 fully saturated rings. The van der Waals surface area contributed by atoms with Crippen molar-refractivity contribution >= 4 is 5.91 Å². The first-order chi connectivity index (χ1) is 6.02. The molecule has 0 heterocycles. The van der Waals surface area contributed by atoms with Gasteiger partial charge in [-0.15, -0.1) is 0 Å². The van der Waals surface area contributed by atoms with E-state index in [1.54, 1.807) is 11.9 Å². The van der Waals surface area contributed by atoms with Crippen LogP contribution in [0.1, 0.15) is 20.3 Å². The van der Waals surface area contributed by atoms with Crippen molar-refractivity contribution in [3.05, 3.63) is 0 Å². The number of nitrogens with two attached hydrogens (primary N) is 1. The van der Waals surface area contributed by atoms with Crippen molar-refractivity contribution in [1.82, 2.24) is 4.90 Å². The summed E-state index contributed by atoms with van der Waals surface area (Å²) in [7, 11) is 1.70. The average Bonchev–Trinajstić information content (AvgIpc) is 2.14. The van der Waals surface area contributed by atoms with Crippen molar-refractivity contribution in [3.63, 3.8) is 0 Å². The predicted octanol–water partition coefficient (Wildman–Crippen LogP) is -0.189. The molecule has 0 aliphatic carbocycles. The minimum Gasteiger partial charge on any atom is -0.394 e. The van der Waals surface area contributed by atoms with Gasteiger partial charge in [0.1, 0.15) is 0 Å². The molecule has 13 heavy (non-hydrogen) atoms. The summed E-state index contributed by atoms with van der Waals surface area (Å²) in [5, 5.41) is 8.83. The fourth-order valence-electron chi connectivity index (χ4n) is 0.894. The Hall–Kier alpha value is -0.610. The molecule has 2 atom stereocenters. The Morgan fingerprint density at radius 2 is 2.08 bits per heavy atom. The van der Waals surface area contributed by atoms with Crippen molar-refractivity contribution in [2.45, 2.75) is 26.3 Å². The molecule has 3 N–H and O–H groups in total. The van der Waals surface area contributed by atoms with Gasteiger partial charge in [0.15, 0.2) is 0 Å². The first-order valence-electron chi connectivity index (χ1n) is 4.59. The van der Waals surface area contributed by atoms with Crippen LogP contribution < -0.4 is 5.73 Å². The summed E-state index contributed by atoms with van der Waals surface area (Å²) < 4.78 is 0. The van der Waals surface area contributed by atoms with Crippen LogP contribution in [0.15, 0.2) is 0 Å². The lowest BCUT2D eigenvalue weighted by Crippen LogP contribution is -2.38. The average molecular weight is 188 g/mol. The molecule has 0 aliphatic heterocycles. The van der Waals surface area contributed by atoms with Gasteiger partial charge in [0.2, 0.25) is 5.91 Å². The second kappa shape index (κ2) is 5.94. The zero-order chi connectivity index (χ0) is 10.4. The molecule has 0 spiro atoms. The van der Waals surface area contributed by atoms with Gasteiger partial charge in [-0.2, -0.15) is 0 Å². The minimum absolute atomic E-state index is 0.000748. The molecule has 4 nitrogen and oxygen atoms in total. The third-order valence-corrected chi connectivity index (χ3v) is 2.24. The summed E-state index contributed by atoms with van der Waals surface area (Å²) in [4.78, 5) is 13.0. The van der Waals surface area contributed by atoms with Gasteiger partial charge in [-0.25, -0.2) is 0 Å². The molecule has 0 aromatic carbocycles. The zero-order valence-corrected chi connectivity index (χ0v) is 8.66. The smallest absolute Gasteiger partial charge is 0.222 e. The van der Waals surface area contributed by atoms with Gasteiger partial charge in [-0.3, -0.25) is 4.79 Å². The minimum atomic E-state index is -0.113. The van der Waals surface area contributed by atoms with Gasteiger partial charge in [-0.1, -0.05) is 6.92 Å². The Morgan fingerprint density at radius 3 is 2.46 bits per heavy atom. The number of hydrogen-bond acceptors (Lipinski definition) is 3. The molecule has 0 bridgehead atoms. The van der Waals surface area contributed by atoms with Gasteiger partial charge < -0.3 is 15.7 Å². The number of aliphatic hydroxyl groups excluding tert-OH is 1. The molecular weight excluding hydrogens is 168 g/mol. The van der Waals surface area contributed by atoms with E-state index in [1.807, 2.05) is 13.8 Å². The van der Waals surface area contributed by atoms with Crippen molar-refractivity contribution in [1.29, 1.82) is 0 Å². The highest BCUT2D eigenvalue weighted by Crippen LogP contribution is 2.04. The fraction of sp³-hybridized carbons (Fsp3) is 0.889. The molecule has 0 aromatic rings. The van der Waals surface area contributed by atoms with Crippen LogP contribution in [-0.2, 0) is 4.79 Å². The molecule has 2 unspecified atom stereocenters. The molecule has 0 radical (unpaired) electrons. The fourth-order valence-corrected chi connectivity index (χ4v) is 0.894. The van der Waals surface area contributed by atoms with Gasteiger partial charge >= 0.3 is 0 Å². The van der Waals surface area contributed by atoms with E-state index < -0.39 is 0 Å². The number of aliphatic hydroxyl groups is 1. The largest absolute Gasteiger partial charge is 0.394 e. The van der Waals surface area contributed by atoms with Gasteiger partial charge in [0.05, 0.1) is 12.6 Å². The van der Waals surface area contributed by atoms with E-state index in [0.717, 1.165) is 0 Å². The van der Waals surface area contributed by atoms with Crippen LogP contribution in [-0.4, -0.2) is 42.2 Å². The summed E-state index contributed by atoms with van der Waals surface area (Å²) in [5.41, 5.74) is 5.41. The maximum Gasteiger partial charge on any atom is 0.222 e. The maximum atomic E-state index is 11.5. The summed E-state index contributed by atoms with van der Waals surface area (Å²) in [5.74, 6) is 0.250. The summed E-state index contributed by atoms with van der Waals surface area (Å²) in [6.45, 7) is 4.27. The number of likely N-dealkylation sites (N-methyl/N-ethyl adjacent to an activating group) is 1. The molecule has 1 amide bonds. The molecular formula is C9H20N2O2. The van der Waals surface area contributed by atoms with E-state index >= 15 is 0 Å². The van der Waals surface area contributed by atoms with E-state index in [0.29, 0.717) is 13.0 Å². The van der Waals surface area contributed by atoms with Crippen LogP contribution >= 0.6 is 0 Å². The van der Waals surface area contributed by atoms with Crippen molar-refractivity contribution < 1.29 is 9.90 Å². The molecule has 0 aliphatic rings. The second-order valence-electron chi connectivity index (χ2n) is 3.58. The molecule has 0 rings (SSSR count). The number of nitrogens with zero attached hydrogens (tertiary/aromatic N) is 1. The lowest BCUT2D eigenvalue weighted by atomic mass is 10.1. The third kappa shape index (κ3) is 4.24. The van der Waals surface area contributed by atoms with Gasteiger partial charge in [0, 0.05) is 13.5 Å². The Kier molecular flexibility index (Phi) is 5.66.